The summed E-state index contributed by atoms with van der Waals surface area (Å²) in [6.45, 7) is 2.06. The Morgan fingerprint density at radius 1 is 1.35 bits per heavy atom. The molecule has 1 saturated heterocycles. The summed E-state index contributed by atoms with van der Waals surface area (Å²) in [4.78, 5) is 16.5. The van der Waals surface area contributed by atoms with Crippen LogP contribution in [0, 0.1) is 0 Å². The molecule has 2 aromatic rings. The normalized spacial score (nSPS) is 21.9. The number of carbonyl (C=O) groups excluding carboxylic acids is 1. The Morgan fingerprint density at radius 3 is 2.85 bits per heavy atom. The Kier molecular flexibility index (Phi) is 3.77. The molecule has 1 fully saturated rings. The number of nitrogens with one attached hydrogen (secondary N) is 3. The predicted octanol–water partition coefficient (Wildman–Crippen LogP) is 1.75. The van der Waals surface area contributed by atoms with Crippen LogP contribution in [0.4, 0.5) is 0 Å². The number of hydrazine groups is 1. The molecule has 0 saturated carbocycles. The lowest BCUT2D eigenvalue weighted by Crippen LogP contribution is -2.44. The Morgan fingerprint density at radius 2 is 2.15 bits per heavy atom. The van der Waals surface area contributed by atoms with E-state index in [9.17, 15) is 4.79 Å². The first-order valence-corrected chi connectivity index (χ1v) is 7.43. The second kappa shape index (κ2) is 5.70. The molecule has 1 aliphatic heterocycles. The van der Waals surface area contributed by atoms with Crippen LogP contribution in [0.1, 0.15) is 23.8 Å². The van der Waals surface area contributed by atoms with Crippen molar-refractivity contribution in [2.24, 2.45) is 0 Å². The average Bonchev–Trinajstić information content (AvgIpc) is 3.09. The molecule has 2 heterocycles. The molecule has 1 aliphatic rings. The molecule has 2 atom stereocenters. The standard InChI is InChI=1S/C14H16N4OS/c1-9-7-12(18-17-9)16-13(19)11-8-20-14(15-11)10-5-3-2-4-6-10/h2-6,8-9,12,17-18H,7H2,1H3,(H,16,19). The van der Waals surface area contributed by atoms with E-state index in [0.717, 1.165) is 17.0 Å². The minimum Gasteiger partial charge on any atom is -0.334 e. The third kappa shape index (κ3) is 2.87. The maximum absolute atomic E-state index is 12.1. The maximum Gasteiger partial charge on any atom is 0.272 e. The highest BCUT2D eigenvalue weighted by atomic mass is 32.1. The van der Waals surface area contributed by atoms with Crippen molar-refractivity contribution >= 4 is 17.2 Å². The molecule has 1 aromatic carbocycles. The van der Waals surface area contributed by atoms with Crippen molar-refractivity contribution in [1.82, 2.24) is 21.2 Å². The van der Waals surface area contributed by atoms with Gasteiger partial charge >= 0.3 is 0 Å². The Labute approximate surface area is 121 Å². The first kappa shape index (κ1) is 13.2. The highest BCUT2D eigenvalue weighted by molar-refractivity contribution is 7.13. The molecule has 1 amide bonds. The lowest BCUT2D eigenvalue weighted by atomic mass is 10.2. The molecule has 0 radical (unpaired) electrons. The molecule has 3 rings (SSSR count). The topological polar surface area (TPSA) is 66.0 Å². The van der Waals surface area contributed by atoms with Crippen LogP contribution < -0.4 is 16.2 Å². The Hall–Kier alpha value is -1.76. The van der Waals surface area contributed by atoms with E-state index >= 15 is 0 Å². The summed E-state index contributed by atoms with van der Waals surface area (Å²) in [5.74, 6) is -0.142. The summed E-state index contributed by atoms with van der Waals surface area (Å²) in [6.07, 6.45) is 0.820. The lowest BCUT2D eigenvalue weighted by Gasteiger charge is -2.10. The summed E-state index contributed by atoms with van der Waals surface area (Å²) >= 11 is 1.48. The van der Waals surface area contributed by atoms with Gasteiger partial charge in [-0.05, 0) is 13.3 Å². The van der Waals surface area contributed by atoms with Gasteiger partial charge in [-0.1, -0.05) is 30.3 Å². The third-order valence-corrected chi connectivity index (χ3v) is 4.05. The lowest BCUT2D eigenvalue weighted by molar-refractivity contribution is 0.0928. The van der Waals surface area contributed by atoms with Crippen LogP contribution in [0.2, 0.25) is 0 Å². The highest BCUT2D eigenvalue weighted by Crippen LogP contribution is 2.23. The van der Waals surface area contributed by atoms with Crippen LogP contribution in [0.15, 0.2) is 35.7 Å². The van der Waals surface area contributed by atoms with Gasteiger partial charge in [-0.15, -0.1) is 11.3 Å². The highest BCUT2D eigenvalue weighted by Gasteiger charge is 2.23. The van der Waals surface area contributed by atoms with Crippen molar-refractivity contribution in [3.8, 4) is 10.6 Å². The molecule has 0 aliphatic carbocycles. The molecular formula is C14H16N4OS. The van der Waals surface area contributed by atoms with E-state index in [1.807, 2.05) is 30.3 Å². The first-order valence-electron chi connectivity index (χ1n) is 6.55. The molecule has 0 spiro atoms. The SMILES string of the molecule is CC1CC(NC(=O)c2csc(-c3ccccc3)n2)NN1. The Bertz CT molecular complexity index is 598. The number of rotatable bonds is 3. The van der Waals surface area contributed by atoms with Gasteiger partial charge in [0, 0.05) is 17.0 Å². The van der Waals surface area contributed by atoms with Gasteiger partial charge in [-0.25, -0.2) is 10.4 Å². The zero-order valence-electron chi connectivity index (χ0n) is 11.1. The Balaban J connectivity index is 1.69. The molecule has 6 heteroatoms. The average molecular weight is 288 g/mol. The van der Waals surface area contributed by atoms with Gasteiger partial charge in [-0.3, -0.25) is 10.2 Å². The second-order valence-corrected chi connectivity index (χ2v) is 5.71. The summed E-state index contributed by atoms with van der Waals surface area (Å²) < 4.78 is 0. The van der Waals surface area contributed by atoms with E-state index in [1.54, 1.807) is 5.38 Å². The quantitative estimate of drug-likeness (QED) is 0.805. The minimum atomic E-state index is -0.142. The van der Waals surface area contributed by atoms with Gasteiger partial charge in [0.2, 0.25) is 0 Å². The molecule has 104 valence electrons. The van der Waals surface area contributed by atoms with Crippen molar-refractivity contribution in [2.75, 3.05) is 0 Å². The zero-order valence-corrected chi connectivity index (χ0v) is 11.9. The van der Waals surface area contributed by atoms with Gasteiger partial charge in [0.15, 0.2) is 0 Å². The summed E-state index contributed by atoms with van der Waals surface area (Å²) in [7, 11) is 0. The van der Waals surface area contributed by atoms with Crippen molar-refractivity contribution < 1.29 is 4.79 Å². The number of aromatic nitrogens is 1. The zero-order chi connectivity index (χ0) is 13.9. The molecule has 20 heavy (non-hydrogen) atoms. The van der Waals surface area contributed by atoms with Crippen molar-refractivity contribution in [2.45, 2.75) is 25.6 Å². The smallest absolute Gasteiger partial charge is 0.272 e. The maximum atomic E-state index is 12.1. The molecule has 5 nitrogen and oxygen atoms in total. The first-order chi connectivity index (χ1) is 9.72. The minimum absolute atomic E-state index is 0.0422. The number of thiazole rings is 1. The number of hydrogen-bond donors (Lipinski definition) is 3. The van der Waals surface area contributed by atoms with Gasteiger partial charge in [0.1, 0.15) is 10.7 Å². The molecule has 1 aromatic heterocycles. The van der Waals surface area contributed by atoms with E-state index in [2.05, 4.69) is 28.1 Å². The van der Waals surface area contributed by atoms with Crippen LogP contribution in [-0.4, -0.2) is 23.1 Å². The van der Waals surface area contributed by atoms with Crippen molar-refractivity contribution in [1.29, 1.82) is 0 Å². The van der Waals surface area contributed by atoms with E-state index in [-0.39, 0.29) is 12.1 Å². The number of nitrogens with zero attached hydrogens (tertiary/aromatic N) is 1. The number of benzene rings is 1. The van der Waals surface area contributed by atoms with Crippen molar-refractivity contribution in [3.05, 3.63) is 41.4 Å². The molecule has 2 unspecified atom stereocenters. The third-order valence-electron chi connectivity index (χ3n) is 3.16. The van der Waals surface area contributed by atoms with Crippen LogP contribution in [0.3, 0.4) is 0 Å². The molecule has 3 N–H and O–H groups in total. The van der Waals surface area contributed by atoms with E-state index in [4.69, 9.17) is 0 Å². The number of carbonyl (C=O) groups is 1. The van der Waals surface area contributed by atoms with Crippen LogP contribution in [-0.2, 0) is 0 Å². The largest absolute Gasteiger partial charge is 0.334 e. The molecule has 0 bridgehead atoms. The fourth-order valence-electron chi connectivity index (χ4n) is 2.13. The van der Waals surface area contributed by atoms with Gasteiger partial charge in [0.05, 0.1) is 6.17 Å². The predicted molar refractivity (Wildman–Crippen MR) is 79.2 cm³/mol. The van der Waals surface area contributed by atoms with Crippen LogP contribution in [0.5, 0.6) is 0 Å². The fraction of sp³-hybridized carbons (Fsp3) is 0.286. The summed E-state index contributed by atoms with van der Waals surface area (Å²) in [5, 5.41) is 5.58. The summed E-state index contributed by atoms with van der Waals surface area (Å²) in [6, 6.07) is 10.2. The number of hydrogen-bond acceptors (Lipinski definition) is 5. The van der Waals surface area contributed by atoms with Gasteiger partial charge < -0.3 is 5.32 Å². The van der Waals surface area contributed by atoms with E-state index < -0.39 is 0 Å². The van der Waals surface area contributed by atoms with Gasteiger partial charge in [0.25, 0.3) is 5.91 Å². The monoisotopic (exact) mass is 288 g/mol. The van der Waals surface area contributed by atoms with Crippen molar-refractivity contribution in [3.63, 3.8) is 0 Å². The number of amides is 1. The second-order valence-electron chi connectivity index (χ2n) is 4.86. The fourth-order valence-corrected chi connectivity index (χ4v) is 2.94. The van der Waals surface area contributed by atoms with E-state index in [1.165, 1.54) is 11.3 Å². The molecular weight excluding hydrogens is 272 g/mol. The summed E-state index contributed by atoms with van der Waals surface area (Å²) in [5.41, 5.74) is 7.62. The van der Waals surface area contributed by atoms with E-state index in [0.29, 0.717) is 11.7 Å². The van der Waals surface area contributed by atoms with Gasteiger partial charge in [-0.2, -0.15) is 0 Å². The van der Waals surface area contributed by atoms with Crippen LogP contribution in [0.25, 0.3) is 10.6 Å². The van der Waals surface area contributed by atoms with Crippen LogP contribution >= 0.6 is 11.3 Å².